The van der Waals surface area contributed by atoms with Crippen LogP contribution in [0.3, 0.4) is 0 Å². The van der Waals surface area contributed by atoms with Gasteiger partial charge in [-0.15, -0.1) is 0 Å². The second-order valence-electron chi connectivity index (χ2n) is 16.6. The van der Waals surface area contributed by atoms with Crippen molar-refractivity contribution < 1.29 is 42.7 Å². The molecule has 10 nitrogen and oxygen atoms in total. The zero-order chi connectivity index (χ0) is 42.6. The predicted octanol–water partition coefficient (Wildman–Crippen LogP) is 13.7. The molecule has 58 heavy (non-hydrogen) atoms. The molecule has 0 aromatic rings. The Kier molecular flexibility index (Phi) is 42.8. The van der Waals surface area contributed by atoms with Crippen LogP contribution in [0.1, 0.15) is 239 Å². The number of carbonyl (C=O) groups excluding carboxylic acids is 1. The molecular weight excluding hydrogens is 753 g/mol. The molecule has 0 saturated heterocycles. The molecule has 11 heteroatoms. The van der Waals surface area contributed by atoms with Crippen LogP contribution in [0.25, 0.3) is 0 Å². The molecule has 0 aliphatic carbocycles. The van der Waals surface area contributed by atoms with Crippen molar-refractivity contribution in [3.63, 3.8) is 0 Å². The van der Waals surface area contributed by atoms with Gasteiger partial charge >= 0.3 is 19.8 Å². The molecular formula is C47H92NO9P. The van der Waals surface area contributed by atoms with Crippen LogP contribution in [0.15, 0.2) is 12.2 Å². The maximum absolute atomic E-state index is 12.7. The highest BCUT2D eigenvalue weighted by Crippen LogP contribution is 2.43. The lowest BCUT2D eigenvalue weighted by Crippen LogP contribution is -2.34. The Balaban J connectivity index is 4.13. The van der Waals surface area contributed by atoms with Crippen LogP contribution in [0.2, 0.25) is 0 Å². The predicted molar refractivity (Wildman–Crippen MR) is 240 cm³/mol. The van der Waals surface area contributed by atoms with Gasteiger partial charge < -0.3 is 25.2 Å². The summed E-state index contributed by atoms with van der Waals surface area (Å²) in [4.78, 5) is 33.6. The van der Waals surface area contributed by atoms with Gasteiger partial charge in [0.25, 0.3) is 0 Å². The number of phosphoric ester groups is 1. The third kappa shape index (κ3) is 42.8. The van der Waals surface area contributed by atoms with Crippen molar-refractivity contribution in [2.45, 2.75) is 251 Å². The number of hydrogen-bond donors (Lipinski definition) is 3. The van der Waals surface area contributed by atoms with Crippen molar-refractivity contribution >= 4 is 19.8 Å². The number of nitrogens with two attached hydrogens (primary N) is 1. The summed E-state index contributed by atoms with van der Waals surface area (Å²) in [7, 11) is -4.61. The van der Waals surface area contributed by atoms with Gasteiger partial charge in [-0.05, 0) is 38.5 Å². The molecule has 0 aromatic heterocycles. The Bertz CT molecular complexity index is 982. The quantitative estimate of drug-likeness (QED) is 0.0233. The molecule has 0 spiro atoms. The first-order valence-corrected chi connectivity index (χ1v) is 25.7. The zero-order valence-electron chi connectivity index (χ0n) is 37.7. The molecule has 0 amide bonds. The molecule has 0 aromatic carbocycles. The minimum absolute atomic E-state index is 0.0224. The average molecular weight is 846 g/mol. The van der Waals surface area contributed by atoms with Crippen LogP contribution in [0, 0.1) is 0 Å². The lowest BCUT2D eigenvalue weighted by Gasteiger charge is -2.20. The Labute approximate surface area is 356 Å². The highest BCUT2D eigenvalue weighted by Gasteiger charge is 2.27. The van der Waals surface area contributed by atoms with E-state index in [0.29, 0.717) is 13.0 Å². The van der Waals surface area contributed by atoms with Gasteiger partial charge in [-0.2, -0.15) is 0 Å². The number of aliphatic carboxylic acids is 1. The second-order valence-corrected chi connectivity index (χ2v) is 18.1. The largest absolute Gasteiger partial charge is 0.480 e. The normalized spacial score (nSPS) is 13.9. The summed E-state index contributed by atoms with van der Waals surface area (Å²) in [5.74, 6) is -1.77. The molecule has 0 aliphatic heterocycles. The second kappa shape index (κ2) is 43.8. The van der Waals surface area contributed by atoms with Gasteiger partial charge in [-0.1, -0.05) is 206 Å². The standard InChI is InChI=1S/C47H92NO9P/c1-3-5-7-9-11-13-15-17-19-20-21-22-23-24-25-27-29-31-33-35-37-39-46(49)57-44(42-55-58(52,53)56-43-45(48)47(50)51)41-54-40-38-36-34-32-30-28-26-18-16-14-12-10-8-6-4-2/h20-21,44-45H,3-19,22-43,48H2,1-2H3,(H,50,51)(H,52,53)/b21-20-. The minimum Gasteiger partial charge on any atom is -0.480 e. The van der Waals surface area contributed by atoms with Crippen molar-refractivity contribution in [3.05, 3.63) is 12.2 Å². The summed E-state index contributed by atoms with van der Waals surface area (Å²) in [6.07, 6.45) is 46.9. The van der Waals surface area contributed by atoms with Crippen LogP contribution in [0.4, 0.5) is 0 Å². The third-order valence-electron chi connectivity index (χ3n) is 10.8. The average Bonchev–Trinajstić information content (AvgIpc) is 3.20. The molecule has 0 saturated carbocycles. The number of hydrogen-bond acceptors (Lipinski definition) is 8. The Morgan fingerprint density at radius 2 is 0.897 bits per heavy atom. The number of ether oxygens (including phenoxy) is 2. The summed E-state index contributed by atoms with van der Waals surface area (Å²) in [5.41, 5.74) is 5.37. The number of carboxylic acids is 1. The fourth-order valence-electron chi connectivity index (χ4n) is 7.01. The van der Waals surface area contributed by atoms with Gasteiger partial charge in [0.2, 0.25) is 0 Å². The van der Waals surface area contributed by atoms with Crippen LogP contribution < -0.4 is 5.73 Å². The summed E-state index contributed by atoms with van der Waals surface area (Å²) >= 11 is 0. The molecule has 3 atom stereocenters. The third-order valence-corrected chi connectivity index (χ3v) is 11.7. The number of carbonyl (C=O) groups is 2. The Morgan fingerprint density at radius 1 is 0.534 bits per heavy atom. The monoisotopic (exact) mass is 846 g/mol. The summed E-state index contributed by atoms with van der Waals surface area (Å²) in [5, 5.41) is 8.91. The number of carboxylic acid groups (broad SMARTS) is 1. The first-order chi connectivity index (χ1) is 28.2. The molecule has 0 heterocycles. The van der Waals surface area contributed by atoms with E-state index >= 15 is 0 Å². The first-order valence-electron chi connectivity index (χ1n) is 24.2. The maximum Gasteiger partial charge on any atom is 0.472 e. The molecule has 344 valence electrons. The van der Waals surface area contributed by atoms with Gasteiger partial charge in [0.15, 0.2) is 0 Å². The summed E-state index contributed by atoms with van der Waals surface area (Å²) in [6, 6.07) is -1.47. The van der Waals surface area contributed by atoms with Crippen LogP contribution in [-0.4, -0.2) is 60.5 Å². The van der Waals surface area contributed by atoms with Gasteiger partial charge in [0, 0.05) is 13.0 Å². The number of rotatable bonds is 47. The summed E-state index contributed by atoms with van der Waals surface area (Å²) < 4.78 is 33.4. The molecule has 0 bridgehead atoms. The van der Waals surface area contributed by atoms with Crippen molar-refractivity contribution in [3.8, 4) is 0 Å². The van der Waals surface area contributed by atoms with Crippen molar-refractivity contribution in [2.75, 3.05) is 26.4 Å². The van der Waals surface area contributed by atoms with Gasteiger partial charge in [0.1, 0.15) is 12.1 Å². The fraction of sp³-hybridized carbons (Fsp3) is 0.915. The van der Waals surface area contributed by atoms with E-state index in [2.05, 4.69) is 26.0 Å². The lowest BCUT2D eigenvalue weighted by molar-refractivity contribution is -0.154. The molecule has 0 aliphatic rings. The fourth-order valence-corrected chi connectivity index (χ4v) is 7.79. The highest BCUT2D eigenvalue weighted by atomic mass is 31.2. The highest BCUT2D eigenvalue weighted by molar-refractivity contribution is 7.47. The topological polar surface area (TPSA) is 155 Å². The number of esters is 1. The smallest absolute Gasteiger partial charge is 0.472 e. The lowest BCUT2D eigenvalue weighted by atomic mass is 10.0. The van der Waals surface area contributed by atoms with Crippen molar-refractivity contribution in [1.82, 2.24) is 0 Å². The first kappa shape index (κ1) is 56.7. The van der Waals surface area contributed by atoms with Gasteiger partial charge in [0.05, 0.1) is 19.8 Å². The van der Waals surface area contributed by atoms with E-state index in [4.69, 9.17) is 29.4 Å². The number of allylic oxidation sites excluding steroid dienone is 2. The zero-order valence-corrected chi connectivity index (χ0v) is 38.6. The Hall–Kier alpha value is -1.29. The van der Waals surface area contributed by atoms with E-state index in [1.165, 1.54) is 173 Å². The van der Waals surface area contributed by atoms with Crippen LogP contribution in [0.5, 0.6) is 0 Å². The molecule has 0 fully saturated rings. The Morgan fingerprint density at radius 3 is 1.31 bits per heavy atom. The van der Waals surface area contributed by atoms with Crippen molar-refractivity contribution in [1.29, 1.82) is 0 Å². The van der Waals surface area contributed by atoms with E-state index < -0.39 is 45.1 Å². The van der Waals surface area contributed by atoms with E-state index in [-0.39, 0.29) is 13.0 Å². The summed E-state index contributed by atoms with van der Waals surface area (Å²) in [6.45, 7) is 3.93. The van der Waals surface area contributed by atoms with E-state index in [1.807, 2.05) is 0 Å². The molecule has 0 rings (SSSR count). The van der Waals surface area contributed by atoms with E-state index in [1.54, 1.807) is 0 Å². The minimum atomic E-state index is -4.61. The maximum atomic E-state index is 12.7. The molecule has 0 radical (unpaired) electrons. The molecule has 4 N–H and O–H groups in total. The number of phosphoric acid groups is 1. The van der Waals surface area contributed by atoms with Gasteiger partial charge in [-0.3, -0.25) is 18.6 Å². The SMILES string of the molecule is CCCCCCCCCC/C=C\CCCCCCCCCCCC(=O)OC(COCCCCCCCCCCCCCCCCC)COP(=O)(O)OCC(N)C(=O)O. The van der Waals surface area contributed by atoms with E-state index in [9.17, 15) is 19.0 Å². The molecule has 3 unspecified atom stereocenters. The number of unbranched alkanes of at least 4 members (excludes halogenated alkanes) is 31. The van der Waals surface area contributed by atoms with Crippen LogP contribution in [-0.2, 0) is 32.7 Å². The van der Waals surface area contributed by atoms with E-state index in [0.717, 1.165) is 38.5 Å². The van der Waals surface area contributed by atoms with Crippen molar-refractivity contribution in [2.24, 2.45) is 5.73 Å². The van der Waals surface area contributed by atoms with Crippen LogP contribution >= 0.6 is 7.82 Å². The van der Waals surface area contributed by atoms with Gasteiger partial charge in [-0.25, -0.2) is 4.57 Å².